The number of rotatable bonds is 6. The van der Waals surface area contributed by atoms with Crippen LogP contribution < -0.4 is 16.0 Å². The zero-order valence-corrected chi connectivity index (χ0v) is 16.2. The maximum Gasteiger partial charge on any atom is 0.315 e. The quantitative estimate of drug-likeness (QED) is 0.726. The van der Waals surface area contributed by atoms with Gasteiger partial charge in [-0.1, -0.05) is 49.6 Å². The van der Waals surface area contributed by atoms with E-state index < -0.39 is 5.54 Å². The lowest BCUT2D eigenvalue weighted by molar-refractivity contribution is -0.121. The van der Waals surface area contributed by atoms with Crippen LogP contribution in [0.3, 0.4) is 0 Å². The molecule has 0 aromatic heterocycles. The Balaban J connectivity index is 1.84. The fourth-order valence-corrected chi connectivity index (χ4v) is 3.26. The number of hydrogen-bond donors (Lipinski definition) is 3. The smallest absolute Gasteiger partial charge is 0.315 e. The Labute approximate surface area is 156 Å². The van der Waals surface area contributed by atoms with Crippen molar-refractivity contribution >= 4 is 17.5 Å². The summed E-state index contributed by atoms with van der Waals surface area (Å²) < 4.78 is 0. The van der Waals surface area contributed by atoms with Crippen molar-refractivity contribution in [3.8, 4) is 0 Å². The van der Waals surface area contributed by atoms with Gasteiger partial charge in [-0.15, -0.1) is 0 Å². The molecule has 3 N–H and O–H groups in total. The molecule has 1 aliphatic carbocycles. The molecular formula is C21H31N3O2. The van der Waals surface area contributed by atoms with Crippen molar-refractivity contribution < 1.29 is 9.59 Å². The number of hydrogen-bond acceptors (Lipinski definition) is 2. The first-order valence-corrected chi connectivity index (χ1v) is 9.40. The van der Waals surface area contributed by atoms with Crippen molar-refractivity contribution in [2.45, 2.75) is 64.5 Å². The number of benzene rings is 1. The van der Waals surface area contributed by atoms with Crippen molar-refractivity contribution in [2.24, 2.45) is 0 Å². The van der Waals surface area contributed by atoms with E-state index in [1.165, 1.54) is 6.42 Å². The number of nitrogens with one attached hydrogen (secondary N) is 3. The van der Waals surface area contributed by atoms with Crippen LogP contribution in [-0.4, -0.2) is 24.5 Å². The molecule has 0 atom stereocenters. The largest absolute Gasteiger partial charge is 0.352 e. The molecule has 142 valence electrons. The predicted octanol–water partition coefficient (Wildman–Crippen LogP) is 3.70. The Hall–Kier alpha value is -2.30. The minimum atomic E-state index is -0.560. The van der Waals surface area contributed by atoms with Crippen LogP contribution in [0.25, 0.3) is 5.57 Å². The third kappa shape index (κ3) is 5.90. The van der Waals surface area contributed by atoms with Crippen LogP contribution in [0.4, 0.5) is 4.79 Å². The molecule has 26 heavy (non-hydrogen) atoms. The van der Waals surface area contributed by atoms with Crippen LogP contribution in [0.1, 0.15) is 64.0 Å². The molecule has 1 saturated carbocycles. The highest BCUT2D eigenvalue weighted by Gasteiger charge is 2.23. The lowest BCUT2D eigenvalue weighted by atomic mass is 9.92. The second kappa shape index (κ2) is 8.88. The minimum absolute atomic E-state index is 0.00970. The highest BCUT2D eigenvalue weighted by atomic mass is 16.2. The van der Waals surface area contributed by atoms with Gasteiger partial charge < -0.3 is 16.0 Å². The molecule has 0 unspecified atom stereocenters. The maximum absolute atomic E-state index is 12.2. The van der Waals surface area contributed by atoms with Crippen LogP contribution in [0.2, 0.25) is 0 Å². The number of allylic oxidation sites excluding steroid dienone is 1. The first-order valence-electron chi connectivity index (χ1n) is 9.40. The average Bonchev–Trinajstić information content (AvgIpc) is 2.60. The van der Waals surface area contributed by atoms with E-state index in [-0.39, 0.29) is 24.5 Å². The van der Waals surface area contributed by atoms with Crippen molar-refractivity contribution in [2.75, 3.05) is 6.54 Å². The maximum atomic E-state index is 12.2. The molecule has 5 heteroatoms. The van der Waals surface area contributed by atoms with E-state index >= 15 is 0 Å². The van der Waals surface area contributed by atoms with Gasteiger partial charge in [0.15, 0.2) is 0 Å². The van der Waals surface area contributed by atoms with E-state index in [0.29, 0.717) is 0 Å². The van der Waals surface area contributed by atoms with Crippen molar-refractivity contribution in [3.63, 3.8) is 0 Å². The molecule has 0 heterocycles. The van der Waals surface area contributed by atoms with Gasteiger partial charge in [-0.2, -0.15) is 0 Å². The fraction of sp³-hybridized carbons (Fsp3) is 0.524. The first kappa shape index (κ1) is 20.0. The van der Waals surface area contributed by atoms with E-state index in [2.05, 4.69) is 22.5 Å². The van der Waals surface area contributed by atoms with E-state index in [0.717, 1.165) is 42.4 Å². The number of amides is 3. The summed E-state index contributed by atoms with van der Waals surface area (Å²) >= 11 is 0. The molecule has 1 aromatic carbocycles. The molecule has 0 aliphatic heterocycles. The summed E-state index contributed by atoms with van der Waals surface area (Å²) in [5, 5.41) is 8.59. The van der Waals surface area contributed by atoms with Crippen LogP contribution in [-0.2, 0) is 10.3 Å². The lowest BCUT2D eigenvalue weighted by Crippen LogP contribution is -2.49. The topological polar surface area (TPSA) is 70.2 Å². The second-order valence-electron chi connectivity index (χ2n) is 7.70. The molecule has 0 saturated heterocycles. The molecule has 5 nitrogen and oxygen atoms in total. The molecule has 0 radical (unpaired) electrons. The van der Waals surface area contributed by atoms with E-state index in [4.69, 9.17) is 0 Å². The van der Waals surface area contributed by atoms with Gasteiger partial charge in [0.1, 0.15) is 0 Å². The van der Waals surface area contributed by atoms with Gasteiger partial charge in [0.05, 0.1) is 12.1 Å². The Morgan fingerprint density at radius 2 is 1.88 bits per heavy atom. The van der Waals surface area contributed by atoms with Gasteiger partial charge >= 0.3 is 6.03 Å². The molecule has 2 rings (SSSR count). The SMILES string of the molecule is C=C(C)c1cccc(C(C)(C)NC(=O)NCC(=O)NC2CCCCC2)c1. The van der Waals surface area contributed by atoms with Gasteiger partial charge in [-0.25, -0.2) is 4.79 Å². The molecular weight excluding hydrogens is 326 g/mol. The van der Waals surface area contributed by atoms with Crippen molar-refractivity contribution in [3.05, 3.63) is 42.0 Å². The summed E-state index contributed by atoms with van der Waals surface area (Å²) in [5.41, 5.74) is 2.45. The standard InChI is InChI=1S/C21H31N3O2/c1-15(2)16-9-8-10-17(13-16)21(3,4)24-20(26)22-14-19(25)23-18-11-6-5-7-12-18/h8-10,13,18H,1,5-7,11-12,14H2,2-4H3,(H,23,25)(H2,22,24,26). The molecule has 3 amide bonds. The van der Waals surface area contributed by atoms with Crippen LogP contribution in [0.5, 0.6) is 0 Å². The summed E-state index contributed by atoms with van der Waals surface area (Å²) in [7, 11) is 0. The van der Waals surface area contributed by atoms with Gasteiger partial charge in [-0.05, 0) is 50.8 Å². The minimum Gasteiger partial charge on any atom is -0.352 e. The summed E-state index contributed by atoms with van der Waals surface area (Å²) in [6.45, 7) is 9.78. The Morgan fingerprint density at radius 3 is 2.54 bits per heavy atom. The monoisotopic (exact) mass is 357 g/mol. The highest BCUT2D eigenvalue weighted by molar-refractivity contribution is 5.84. The van der Waals surface area contributed by atoms with Gasteiger partial charge in [0.2, 0.25) is 5.91 Å². The van der Waals surface area contributed by atoms with Crippen molar-refractivity contribution in [1.82, 2.24) is 16.0 Å². The number of carbonyl (C=O) groups is 2. The lowest BCUT2D eigenvalue weighted by Gasteiger charge is -2.28. The molecule has 1 aliphatic rings. The molecule has 0 spiro atoms. The third-order valence-electron chi connectivity index (χ3n) is 4.88. The van der Waals surface area contributed by atoms with Gasteiger partial charge in [0, 0.05) is 6.04 Å². The molecule has 1 aromatic rings. The van der Waals surface area contributed by atoms with Gasteiger partial charge in [0.25, 0.3) is 0 Å². The second-order valence-corrected chi connectivity index (χ2v) is 7.70. The summed E-state index contributed by atoms with van der Waals surface area (Å²) in [6.07, 6.45) is 5.63. The van der Waals surface area contributed by atoms with Crippen LogP contribution >= 0.6 is 0 Å². The van der Waals surface area contributed by atoms with Crippen molar-refractivity contribution in [1.29, 1.82) is 0 Å². The summed E-state index contributed by atoms with van der Waals surface area (Å²) in [4.78, 5) is 24.2. The first-order chi connectivity index (χ1) is 12.3. The van der Waals surface area contributed by atoms with Crippen LogP contribution in [0.15, 0.2) is 30.8 Å². The van der Waals surface area contributed by atoms with E-state index in [9.17, 15) is 9.59 Å². The van der Waals surface area contributed by atoms with E-state index in [1.54, 1.807) is 0 Å². The molecule has 0 bridgehead atoms. The summed E-state index contributed by atoms with van der Waals surface area (Å²) in [5.74, 6) is -0.130. The predicted molar refractivity (Wildman–Crippen MR) is 106 cm³/mol. The fourth-order valence-electron chi connectivity index (χ4n) is 3.26. The zero-order valence-electron chi connectivity index (χ0n) is 16.2. The number of urea groups is 1. The normalized spacial score (nSPS) is 15.2. The Bertz CT molecular complexity index is 661. The van der Waals surface area contributed by atoms with Gasteiger partial charge in [-0.3, -0.25) is 4.79 Å². The Morgan fingerprint density at radius 1 is 1.19 bits per heavy atom. The summed E-state index contributed by atoms with van der Waals surface area (Å²) in [6, 6.07) is 7.86. The highest BCUT2D eigenvalue weighted by Crippen LogP contribution is 2.23. The average molecular weight is 357 g/mol. The Kier molecular flexibility index (Phi) is 6.83. The van der Waals surface area contributed by atoms with E-state index in [1.807, 2.05) is 45.0 Å². The third-order valence-corrected chi connectivity index (χ3v) is 4.88. The van der Waals surface area contributed by atoms with Crippen LogP contribution in [0, 0.1) is 0 Å². The molecule has 1 fully saturated rings. The zero-order chi connectivity index (χ0) is 19.2. The number of carbonyl (C=O) groups excluding carboxylic acids is 2.